The Hall–Kier alpha value is -1.51. The molecule has 1 aromatic carbocycles. The van der Waals surface area contributed by atoms with Crippen LogP contribution >= 0.6 is 0 Å². The molecule has 3 heteroatoms. The number of rotatable bonds is 7. The van der Waals surface area contributed by atoms with Crippen molar-refractivity contribution < 1.29 is 14.3 Å². The zero-order valence-electron chi connectivity index (χ0n) is 10.6. The number of carbonyl (C=O) groups is 1. The third-order valence-corrected chi connectivity index (χ3v) is 2.55. The normalized spacial score (nSPS) is 10.0. The van der Waals surface area contributed by atoms with E-state index in [0.717, 1.165) is 12.8 Å². The molecule has 0 amide bonds. The summed E-state index contributed by atoms with van der Waals surface area (Å²) in [5, 5.41) is 0. The maximum absolute atomic E-state index is 11.5. The van der Waals surface area contributed by atoms with Crippen LogP contribution in [0.5, 0.6) is 5.75 Å². The maximum Gasteiger partial charge on any atom is 0.341 e. The van der Waals surface area contributed by atoms with Crippen LogP contribution in [0.25, 0.3) is 0 Å². The molecule has 0 heterocycles. The van der Waals surface area contributed by atoms with Crippen molar-refractivity contribution in [3.63, 3.8) is 0 Å². The van der Waals surface area contributed by atoms with Gasteiger partial charge in [-0.1, -0.05) is 38.3 Å². The minimum Gasteiger partial charge on any atom is -0.493 e. The highest BCUT2D eigenvalue weighted by Gasteiger charge is 2.11. The summed E-state index contributed by atoms with van der Waals surface area (Å²) >= 11 is 0. The minimum absolute atomic E-state index is 0.353. The number of carbonyl (C=O) groups excluding carboxylic acids is 1. The first-order valence-electron chi connectivity index (χ1n) is 6.09. The first-order valence-corrected chi connectivity index (χ1v) is 6.09. The van der Waals surface area contributed by atoms with Gasteiger partial charge in [0.15, 0.2) is 0 Å². The van der Waals surface area contributed by atoms with E-state index >= 15 is 0 Å². The lowest BCUT2D eigenvalue weighted by Crippen LogP contribution is -2.06. The van der Waals surface area contributed by atoms with Crippen molar-refractivity contribution in [2.24, 2.45) is 0 Å². The van der Waals surface area contributed by atoms with Gasteiger partial charge in [0.05, 0.1) is 13.7 Å². The minimum atomic E-state index is -0.353. The smallest absolute Gasteiger partial charge is 0.341 e. The summed E-state index contributed by atoms with van der Waals surface area (Å²) in [5.41, 5.74) is 0.491. The second-order valence-corrected chi connectivity index (χ2v) is 3.90. The fourth-order valence-electron chi connectivity index (χ4n) is 1.58. The molecule has 1 rings (SSSR count). The molecule has 0 spiro atoms. The van der Waals surface area contributed by atoms with Crippen LogP contribution in [0.1, 0.15) is 43.0 Å². The molecule has 17 heavy (non-hydrogen) atoms. The average molecular weight is 236 g/mol. The second-order valence-electron chi connectivity index (χ2n) is 3.90. The average Bonchev–Trinajstić information content (AvgIpc) is 2.38. The third kappa shape index (κ3) is 4.47. The second kappa shape index (κ2) is 7.71. The molecule has 0 aliphatic rings. The van der Waals surface area contributed by atoms with Gasteiger partial charge in [-0.15, -0.1) is 0 Å². The monoisotopic (exact) mass is 236 g/mol. The molecule has 0 atom stereocenters. The lowest BCUT2D eigenvalue weighted by molar-refractivity contribution is 0.0596. The van der Waals surface area contributed by atoms with Crippen molar-refractivity contribution in [1.82, 2.24) is 0 Å². The molecular weight excluding hydrogens is 216 g/mol. The van der Waals surface area contributed by atoms with E-state index in [4.69, 9.17) is 9.47 Å². The van der Waals surface area contributed by atoms with Crippen molar-refractivity contribution in [3.8, 4) is 5.75 Å². The van der Waals surface area contributed by atoms with Gasteiger partial charge in [0.2, 0.25) is 0 Å². The number of hydrogen-bond acceptors (Lipinski definition) is 3. The molecule has 0 aliphatic heterocycles. The van der Waals surface area contributed by atoms with E-state index in [9.17, 15) is 4.79 Å². The van der Waals surface area contributed by atoms with E-state index in [2.05, 4.69) is 6.92 Å². The largest absolute Gasteiger partial charge is 0.493 e. The van der Waals surface area contributed by atoms with Gasteiger partial charge >= 0.3 is 5.97 Å². The van der Waals surface area contributed by atoms with Gasteiger partial charge in [0.1, 0.15) is 11.3 Å². The van der Waals surface area contributed by atoms with Crippen molar-refractivity contribution >= 4 is 5.97 Å². The number of benzene rings is 1. The van der Waals surface area contributed by atoms with Crippen LogP contribution in [0.2, 0.25) is 0 Å². The lowest BCUT2D eigenvalue weighted by Gasteiger charge is -2.09. The van der Waals surface area contributed by atoms with Gasteiger partial charge in [-0.2, -0.15) is 0 Å². The number of methoxy groups -OCH3 is 1. The fraction of sp³-hybridized carbons (Fsp3) is 0.500. The van der Waals surface area contributed by atoms with Crippen LogP contribution in [0.4, 0.5) is 0 Å². The summed E-state index contributed by atoms with van der Waals surface area (Å²) < 4.78 is 10.3. The van der Waals surface area contributed by atoms with Gasteiger partial charge in [0, 0.05) is 0 Å². The standard InChI is InChI=1S/C14H20O3/c1-3-4-5-8-11-17-13-10-7-6-9-12(13)14(15)16-2/h6-7,9-10H,3-5,8,11H2,1-2H3. The number of ether oxygens (including phenoxy) is 2. The molecule has 0 N–H and O–H groups in total. The van der Waals surface area contributed by atoms with E-state index < -0.39 is 0 Å². The van der Waals surface area contributed by atoms with Gasteiger partial charge in [0.25, 0.3) is 0 Å². The predicted octanol–water partition coefficient (Wildman–Crippen LogP) is 3.43. The maximum atomic E-state index is 11.5. The van der Waals surface area contributed by atoms with Gasteiger partial charge in [-0.25, -0.2) is 4.79 Å². The highest BCUT2D eigenvalue weighted by molar-refractivity contribution is 5.92. The molecule has 0 saturated heterocycles. The summed E-state index contributed by atoms with van der Waals surface area (Å²) in [6.45, 7) is 2.82. The van der Waals surface area contributed by atoms with E-state index in [0.29, 0.717) is 17.9 Å². The van der Waals surface area contributed by atoms with Crippen molar-refractivity contribution in [3.05, 3.63) is 29.8 Å². The quantitative estimate of drug-likeness (QED) is 0.537. The van der Waals surface area contributed by atoms with E-state index in [-0.39, 0.29) is 5.97 Å². The highest BCUT2D eigenvalue weighted by atomic mass is 16.5. The van der Waals surface area contributed by atoms with Crippen LogP contribution in [-0.2, 0) is 4.74 Å². The third-order valence-electron chi connectivity index (χ3n) is 2.55. The van der Waals surface area contributed by atoms with Crippen molar-refractivity contribution in [1.29, 1.82) is 0 Å². The Morgan fingerprint density at radius 2 is 1.94 bits per heavy atom. The topological polar surface area (TPSA) is 35.5 Å². The van der Waals surface area contributed by atoms with Gasteiger partial charge in [-0.3, -0.25) is 0 Å². The molecule has 0 saturated carbocycles. The van der Waals surface area contributed by atoms with Crippen LogP contribution in [0, 0.1) is 0 Å². The number of esters is 1. The SMILES string of the molecule is CCCCCCOc1ccccc1C(=O)OC. The molecule has 1 aromatic rings. The molecule has 94 valence electrons. The number of unbranched alkanes of at least 4 members (excludes halogenated alkanes) is 3. The first-order chi connectivity index (χ1) is 8.29. The van der Waals surface area contributed by atoms with Gasteiger partial charge in [-0.05, 0) is 18.6 Å². The summed E-state index contributed by atoms with van der Waals surface area (Å²) in [4.78, 5) is 11.5. The molecule has 0 unspecified atom stereocenters. The summed E-state index contributed by atoms with van der Waals surface area (Å²) in [6, 6.07) is 7.17. The molecule has 3 nitrogen and oxygen atoms in total. The lowest BCUT2D eigenvalue weighted by atomic mass is 10.2. The first kappa shape index (κ1) is 13.6. The number of hydrogen-bond donors (Lipinski definition) is 0. The van der Waals surface area contributed by atoms with E-state index in [1.807, 2.05) is 6.07 Å². The fourth-order valence-corrected chi connectivity index (χ4v) is 1.58. The summed E-state index contributed by atoms with van der Waals surface area (Å²) in [7, 11) is 1.38. The Bertz CT molecular complexity index is 347. The van der Waals surface area contributed by atoms with Crippen LogP contribution in [0.3, 0.4) is 0 Å². The number of para-hydroxylation sites is 1. The molecule has 0 bridgehead atoms. The molecule has 0 aliphatic carbocycles. The summed E-state index contributed by atoms with van der Waals surface area (Å²) in [5.74, 6) is 0.255. The van der Waals surface area contributed by atoms with Crippen LogP contribution in [-0.4, -0.2) is 19.7 Å². The zero-order valence-corrected chi connectivity index (χ0v) is 10.6. The van der Waals surface area contributed by atoms with Crippen molar-refractivity contribution in [2.45, 2.75) is 32.6 Å². The Morgan fingerprint density at radius 1 is 1.18 bits per heavy atom. The Kier molecular flexibility index (Phi) is 6.15. The van der Waals surface area contributed by atoms with Gasteiger partial charge < -0.3 is 9.47 Å². The molecule has 0 aromatic heterocycles. The highest BCUT2D eigenvalue weighted by Crippen LogP contribution is 2.19. The van der Waals surface area contributed by atoms with E-state index in [1.165, 1.54) is 20.0 Å². The van der Waals surface area contributed by atoms with Crippen LogP contribution < -0.4 is 4.74 Å². The van der Waals surface area contributed by atoms with E-state index in [1.54, 1.807) is 18.2 Å². The predicted molar refractivity (Wildman–Crippen MR) is 67.4 cm³/mol. The Morgan fingerprint density at radius 3 is 2.65 bits per heavy atom. The van der Waals surface area contributed by atoms with Crippen molar-refractivity contribution in [2.75, 3.05) is 13.7 Å². The summed E-state index contributed by atoms with van der Waals surface area (Å²) in [6.07, 6.45) is 4.61. The molecule has 0 radical (unpaired) electrons. The molecular formula is C14H20O3. The molecule has 0 fully saturated rings. The Balaban J connectivity index is 2.49. The zero-order chi connectivity index (χ0) is 12.5. The Labute approximate surface area is 103 Å². The van der Waals surface area contributed by atoms with Crippen LogP contribution in [0.15, 0.2) is 24.3 Å².